The third-order valence-electron chi connectivity index (χ3n) is 5.50. The monoisotopic (exact) mass is 370 g/mol. The van der Waals surface area contributed by atoms with E-state index in [1.165, 1.54) is 25.0 Å². The Balaban J connectivity index is 1.35. The van der Waals surface area contributed by atoms with Crippen molar-refractivity contribution in [2.45, 2.75) is 38.7 Å². The number of ether oxygens (including phenoxy) is 1. The van der Waals surface area contributed by atoms with Crippen molar-refractivity contribution in [1.82, 2.24) is 9.97 Å². The van der Waals surface area contributed by atoms with Crippen LogP contribution < -0.4 is 14.5 Å². The third kappa shape index (κ3) is 4.49. The van der Waals surface area contributed by atoms with E-state index in [9.17, 15) is 4.39 Å². The van der Waals surface area contributed by atoms with Gasteiger partial charge in [-0.05, 0) is 43.0 Å². The molecule has 1 unspecified atom stereocenters. The molecule has 4 rings (SSSR count). The Morgan fingerprint density at radius 1 is 0.963 bits per heavy atom. The van der Waals surface area contributed by atoms with Crippen LogP contribution in [0.5, 0.6) is 5.75 Å². The molecule has 0 aliphatic carbocycles. The van der Waals surface area contributed by atoms with Crippen LogP contribution in [0.15, 0.2) is 36.7 Å². The first kappa shape index (κ1) is 18.0. The molecular weight excluding hydrogens is 343 g/mol. The van der Waals surface area contributed by atoms with Crippen molar-refractivity contribution in [2.24, 2.45) is 5.92 Å². The van der Waals surface area contributed by atoms with E-state index in [0.29, 0.717) is 0 Å². The normalized spacial score (nSPS) is 21.3. The highest BCUT2D eigenvalue weighted by molar-refractivity contribution is 5.50. The molecule has 0 radical (unpaired) electrons. The van der Waals surface area contributed by atoms with Crippen LogP contribution in [0.25, 0.3) is 0 Å². The fraction of sp³-hybridized carbons (Fsp3) is 0.524. The Morgan fingerprint density at radius 2 is 1.67 bits per heavy atom. The molecule has 27 heavy (non-hydrogen) atoms. The fourth-order valence-corrected chi connectivity index (χ4v) is 3.99. The first-order valence-electron chi connectivity index (χ1n) is 9.91. The zero-order valence-corrected chi connectivity index (χ0v) is 15.9. The van der Waals surface area contributed by atoms with Gasteiger partial charge in [-0.3, -0.25) is 0 Å². The van der Waals surface area contributed by atoms with Gasteiger partial charge < -0.3 is 14.5 Å². The molecule has 2 aromatic rings. The smallest absolute Gasteiger partial charge is 0.134 e. The third-order valence-corrected chi connectivity index (χ3v) is 5.50. The number of aromatic nitrogens is 2. The molecule has 1 aromatic carbocycles. The quantitative estimate of drug-likeness (QED) is 0.816. The van der Waals surface area contributed by atoms with Crippen molar-refractivity contribution in [2.75, 3.05) is 36.0 Å². The minimum atomic E-state index is -0.236. The summed E-state index contributed by atoms with van der Waals surface area (Å²) in [5.74, 6) is 3.25. The molecule has 0 saturated carbocycles. The largest absolute Gasteiger partial charge is 0.490 e. The lowest BCUT2D eigenvalue weighted by Crippen LogP contribution is -2.39. The molecule has 0 N–H and O–H groups in total. The first-order valence-corrected chi connectivity index (χ1v) is 9.91. The Hall–Kier alpha value is -2.37. The first-order chi connectivity index (χ1) is 13.2. The predicted molar refractivity (Wildman–Crippen MR) is 105 cm³/mol. The fourth-order valence-electron chi connectivity index (χ4n) is 3.99. The van der Waals surface area contributed by atoms with Gasteiger partial charge in [0.25, 0.3) is 0 Å². The van der Waals surface area contributed by atoms with Crippen LogP contribution >= 0.6 is 0 Å². The molecular formula is C21H27FN4O. The number of anilines is 2. The van der Waals surface area contributed by atoms with Crippen LogP contribution in [-0.2, 0) is 0 Å². The van der Waals surface area contributed by atoms with Gasteiger partial charge in [0.1, 0.15) is 35.6 Å². The molecule has 144 valence electrons. The topological polar surface area (TPSA) is 41.5 Å². The van der Waals surface area contributed by atoms with Gasteiger partial charge in [-0.1, -0.05) is 6.92 Å². The van der Waals surface area contributed by atoms with E-state index in [4.69, 9.17) is 4.74 Å². The van der Waals surface area contributed by atoms with E-state index in [-0.39, 0.29) is 11.9 Å². The van der Waals surface area contributed by atoms with Crippen molar-refractivity contribution >= 4 is 11.6 Å². The zero-order chi connectivity index (χ0) is 18.6. The van der Waals surface area contributed by atoms with Crippen molar-refractivity contribution in [3.8, 4) is 5.75 Å². The second-order valence-corrected chi connectivity index (χ2v) is 7.69. The number of rotatable bonds is 4. The minimum absolute atomic E-state index is 0.163. The minimum Gasteiger partial charge on any atom is -0.490 e. The van der Waals surface area contributed by atoms with Gasteiger partial charge in [-0.2, -0.15) is 0 Å². The molecule has 0 amide bonds. The highest BCUT2D eigenvalue weighted by Gasteiger charge is 2.23. The Morgan fingerprint density at radius 3 is 2.37 bits per heavy atom. The Bertz CT molecular complexity index is 746. The molecule has 1 atom stereocenters. The number of hydrogen-bond acceptors (Lipinski definition) is 5. The summed E-state index contributed by atoms with van der Waals surface area (Å²) < 4.78 is 19.0. The second kappa shape index (κ2) is 8.11. The molecule has 2 aliphatic heterocycles. The molecule has 0 spiro atoms. The molecule has 2 aliphatic rings. The SMILES string of the molecule is CC1CCCN(c2cc(N3CCC(Oc4ccc(F)cc4)CC3)ncn2)C1. The van der Waals surface area contributed by atoms with Gasteiger partial charge in [0, 0.05) is 45.1 Å². The van der Waals surface area contributed by atoms with Gasteiger partial charge in [-0.25, -0.2) is 14.4 Å². The van der Waals surface area contributed by atoms with Gasteiger partial charge in [-0.15, -0.1) is 0 Å². The average molecular weight is 370 g/mol. The summed E-state index contributed by atoms with van der Waals surface area (Å²) in [4.78, 5) is 13.7. The molecule has 2 fully saturated rings. The maximum atomic E-state index is 13.0. The van der Waals surface area contributed by atoms with Gasteiger partial charge in [0.05, 0.1) is 0 Å². The highest BCUT2D eigenvalue weighted by atomic mass is 19.1. The van der Waals surface area contributed by atoms with Crippen molar-refractivity contribution in [1.29, 1.82) is 0 Å². The van der Waals surface area contributed by atoms with Crippen molar-refractivity contribution in [3.63, 3.8) is 0 Å². The lowest BCUT2D eigenvalue weighted by atomic mass is 10.0. The maximum absolute atomic E-state index is 13.0. The standard InChI is InChI=1S/C21H27FN4O/c1-16-3-2-10-26(14-16)21-13-20(23-15-24-21)25-11-8-19(9-12-25)27-18-6-4-17(22)5-7-18/h4-7,13,15-16,19H,2-3,8-12,14H2,1H3. The van der Waals surface area contributed by atoms with E-state index in [2.05, 4.69) is 32.8 Å². The lowest BCUT2D eigenvalue weighted by molar-refractivity contribution is 0.170. The molecule has 5 nitrogen and oxygen atoms in total. The average Bonchev–Trinajstić information content (AvgIpc) is 2.70. The number of hydrogen-bond donors (Lipinski definition) is 0. The zero-order valence-electron chi connectivity index (χ0n) is 15.9. The molecule has 6 heteroatoms. The number of halogens is 1. The molecule has 0 bridgehead atoms. The Kier molecular flexibility index (Phi) is 5.41. The number of nitrogens with zero attached hydrogens (tertiary/aromatic N) is 4. The van der Waals surface area contributed by atoms with Gasteiger partial charge >= 0.3 is 0 Å². The van der Waals surface area contributed by atoms with Crippen LogP contribution in [0.1, 0.15) is 32.6 Å². The Labute approximate surface area is 160 Å². The molecule has 2 saturated heterocycles. The van der Waals surface area contributed by atoms with Crippen molar-refractivity contribution < 1.29 is 9.13 Å². The summed E-state index contributed by atoms with van der Waals surface area (Å²) in [6.45, 7) is 6.26. The van der Waals surface area contributed by atoms with Crippen LogP contribution in [0.2, 0.25) is 0 Å². The summed E-state index contributed by atoms with van der Waals surface area (Å²) in [7, 11) is 0. The number of piperidine rings is 2. The van der Waals surface area contributed by atoms with Crippen LogP contribution in [0, 0.1) is 11.7 Å². The summed E-state index contributed by atoms with van der Waals surface area (Å²) in [5.41, 5.74) is 0. The van der Waals surface area contributed by atoms with Gasteiger partial charge in [0.2, 0.25) is 0 Å². The predicted octanol–water partition coefficient (Wildman–Crippen LogP) is 3.90. The van der Waals surface area contributed by atoms with Crippen molar-refractivity contribution in [3.05, 3.63) is 42.5 Å². The second-order valence-electron chi connectivity index (χ2n) is 7.69. The van der Waals surface area contributed by atoms with Crippen LogP contribution in [-0.4, -0.2) is 42.3 Å². The van der Waals surface area contributed by atoms with Crippen LogP contribution in [0.3, 0.4) is 0 Å². The van der Waals surface area contributed by atoms with E-state index in [1.54, 1.807) is 18.5 Å². The number of benzene rings is 1. The van der Waals surface area contributed by atoms with E-state index >= 15 is 0 Å². The van der Waals surface area contributed by atoms with E-state index in [0.717, 1.165) is 62.3 Å². The lowest BCUT2D eigenvalue weighted by Gasteiger charge is -2.34. The van der Waals surface area contributed by atoms with Gasteiger partial charge in [0.15, 0.2) is 0 Å². The summed E-state index contributed by atoms with van der Waals surface area (Å²) in [5, 5.41) is 0. The van der Waals surface area contributed by atoms with Crippen LogP contribution in [0.4, 0.5) is 16.0 Å². The molecule has 3 heterocycles. The maximum Gasteiger partial charge on any atom is 0.134 e. The van der Waals surface area contributed by atoms with E-state index in [1.807, 2.05) is 0 Å². The highest BCUT2D eigenvalue weighted by Crippen LogP contribution is 2.26. The summed E-state index contributed by atoms with van der Waals surface area (Å²) in [6, 6.07) is 8.39. The van der Waals surface area contributed by atoms with E-state index < -0.39 is 0 Å². The summed E-state index contributed by atoms with van der Waals surface area (Å²) >= 11 is 0. The molecule has 1 aromatic heterocycles. The summed E-state index contributed by atoms with van der Waals surface area (Å²) in [6.07, 6.45) is 6.23.